The summed E-state index contributed by atoms with van der Waals surface area (Å²) in [6, 6.07) is 8.78. The molecule has 0 saturated heterocycles. The van der Waals surface area contributed by atoms with Gasteiger partial charge >= 0.3 is 0 Å². The number of rotatable bonds is 10. The van der Waals surface area contributed by atoms with Crippen LogP contribution in [-0.2, 0) is 4.79 Å². The van der Waals surface area contributed by atoms with Gasteiger partial charge in [-0.2, -0.15) is 0 Å². The molecule has 1 amide bonds. The number of nitrogens with two attached hydrogens (primary N) is 1. The third kappa shape index (κ3) is 5.28. The normalized spacial score (nSPS) is 14.3. The summed E-state index contributed by atoms with van der Waals surface area (Å²) in [5.74, 6) is -0.391. The molecule has 0 aromatic heterocycles. The molecule has 0 radical (unpaired) electrons. The molecule has 122 valence electrons. The van der Waals surface area contributed by atoms with Crippen molar-refractivity contribution in [1.82, 2.24) is 5.32 Å². The monoisotopic (exact) mass is 304 g/mol. The summed E-state index contributed by atoms with van der Waals surface area (Å²) in [5.41, 5.74) is 6.25. The summed E-state index contributed by atoms with van der Waals surface area (Å²) in [5, 5.41) is 12.9. The second-order valence-corrected chi connectivity index (χ2v) is 6.32. The van der Waals surface area contributed by atoms with Crippen molar-refractivity contribution in [2.45, 2.75) is 45.2 Å². The number of benzene rings is 1. The van der Waals surface area contributed by atoms with Crippen LogP contribution in [0.1, 0.15) is 44.7 Å². The van der Waals surface area contributed by atoms with E-state index in [9.17, 15) is 9.90 Å². The van der Waals surface area contributed by atoms with Crippen molar-refractivity contribution in [3.63, 3.8) is 0 Å². The summed E-state index contributed by atoms with van der Waals surface area (Å²) in [7, 11) is 0. The van der Waals surface area contributed by atoms with Crippen molar-refractivity contribution in [3.8, 4) is 0 Å². The molecule has 0 fully saturated rings. The maximum absolute atomic E-state index is 11.9. The van der Waals surface area contributed by atoms with Crippen LogP contribution in [0.25, 0.3) is 0 Å². The van der Waals surface area contributed by atoms with Crippen molar-refractivity contribution in [2.75, 3.05) is 6.61 Å². The van der Waals surface area contributed by atoms with Gasteiger partial charge in [-0.15, -0.1) is 6.58 Å². The Morgan fingerprint density at radius 1 is 1.41 bits per heavy atom. The molecular weight excluding hydrogens is 276 g/mol. The van der Waals surface area contributed by atoms with Crippen LogP contribution >= 0.6 is 0 Å². The van der Waals surface area contributed by atoms with Crippen LogP contribution in [0.4, 0.5) is 0 Å². The van der Waals surface area contributed by atoms with Crippen LogP contribution in [0.2, 0.25) is 0 Å². The highest BCUT2D eigenvalue weighted by atomic mass is 16.3. The van der Waals surface area contributed by atoms with Gasteiger partial charge in [0.25, 0.3) is 0 Å². The molecule has 4 heteroatoms. The van der Waals surface area contributed by atoms with Crippen molar-refractivity contribution in [1.29, 1.82) is 0 Å². The van der Waals surface area contributed by atoms with E-state index >= 15 is 0 Å². The summed E-state index contributed by atoms with van der Waals surface area (Å²) in [6.07, 6.45) is 4.60. The number of primary amides is 1. The van der Waals surface area contributed by atoms with Crippen molar-refractivity contribution in [2.24, 2.45) is 11.1 Å². The van der Waals surface area contributed by atoms with Gasteiger partial charge in [-0.1, -0.05) is 50.3 Å². The van der Waals surface area contributed by atoms with Crippen LogP contribution in [0, 0.1) is 5.41 Å². The zero-order chi connectivity index (χ0) is 16.6. The minimum Gasteiger partial charge on any atom is -0.394 e. The first-order valence-corrected chi connectivity index (χ1v) is 7.74. The maximum Gasteiger partial charge on any atom is 0.235 e. The molecule has 0 saturated carbocycles. The number of nitrogens with one attached hydrogen (secondary N) is 1. The highest BCUT2D eigenvalue weighted by molar-refractivity contribution is 5.80. The molecule has 0 aliphatic heterocycles. The van der Waals surface area contributed by atoms with E-state index in [-0.39, 0.29) is 18.1 Å². The van der Waals surface area contributed by atoms with E-state index in [1.807, 2.05) is 50.3 Å². The number of unbranched alkanes of at least 4 members (excludes halogenated alkanes) is 1. The van der Waals surface area contributed by atoms with Crippen molar-refractivity contribution >= 4 is 5.91 Å². The van der Waals surface area contributed by atoms with Crippen LogP contribution in [0.3, 0.4) is 0 Å². The zero-order valence-corrected chi connectivity index (χ0v) is 13.6. The Morgan fingerprint density at radius 2 is 2.05 bits per heavy atom. The van der Waals surface area contributed by atoms with Gasteiger partial charge < -0.3 is 10.8 Å². The summed E-state index contributed by atoms with van der Waals surface area (Å²) in [6.45, 7) is 7.69. The fourth-order valence-corrected chi connectivity index (χ4v) is 2.68. The number of amides is 1. The molecule has 0 heterocycles. The van der Waals surface area contributed by atoms with Gasteiger partial charge in [0.15, 0.2) is 0 Å². The number of aliphatic hydroxyl groups is 1. The van der Waals surface area contributed by atoms with Gasteiger partial charge in [-0.05, 0) is 30.2 Å². The fourth-order valence-electron chi connectivity index (χ4n) is 2.68. The van der Waals surface area contributed by atoms with Crippen molar-refractivity contribution < 1.29 is 9.90 Å². The predicted molar refractivity (Wildman–Crippen MR) is 90.2 cm³/mol. The molecule has 2 atom stereocenters. The Labute approximate surface area is 133 Å². The van der Waals surface area contributed by atoms with Gasteiger partial charge in [-0.3, -0.25) is 10.1 Å². The molecule has 1 aromatic carbocycles. The highest BCUT2D eigenvalue weighted by Gasteiger charge is 2.34. The average molecular weight is 304 g/mol. The highest BCUT2D eigenvalue weighted by Crippen LogP contribution is 2.29. The maximum atomic E-state index is 11.9. The Morgan fingerprint density at radius 3 is 2.55 bits per heavy atom. The predicted octanol–water partition coefficient (Wildman–Crippen LogP) is 2.55. The second kappa shape index (κ2) is 8.71. The number of allylic oxidation sites excluding steroid dienone is 1. The number of carbonyl (C=O) groups is 1. The lowest BCUT2D eigenvalue weighted by Gasteiger charge is -2.35. The molecule has 22 heavy (non-hydrogen) atoms. The first-order valence-electron chi connectivity index (χ1n) is 7.74. The lowest BCUT2D eigenvalue weighted by Crippen LogP contribution is -2.52. The summed E-state index contributed by atoms with van der Waals surface area (Å²) < 4.78 is 0. The second-order valence-electron chi connectivity index (χ2n) is 6.32. The topological polar surface area (TPSA) is 75.3 Å². The van der Waals surface area contributed by atoms with E-state index in [0.717, 1.165) is 24.8 Å². The Bertz CT molecular complexity index is 471. The molecule has 0 aliphatic rings. The Kier molecular flexibility index (Phi) is 7.28. The molecule has 0 spiro atoms. The number of aliphatic hydroxyl groups excluding tert-OH is 1. The van der Waals surface area contributed by atoms with E-state index < -0.39 is 11.9 Å². The smallest absolute Gasteiger partial charge is 0.235 e. The fraction of sp³-hybridized carbons (Fsp3) is 0.500. The zero-order valence-electron chi connectivity index (χ0n) is 13.6. The van der Waals surface area contributed by atoms with E-state index in [4.69, 9.17) is 5.73 Å². The van der Waals surface area contributed by atoms with Crippen molar-refractivity contribution in [3.05, 3.63) is 48.6 Å². The molecular formula is C18H28N2O2. The minimum atomic E-state index is -0.505. The quantitative estimate of drug-likeness (QED) is 0.459. The SMILES string of the molecule is C=CCCCC(C)(C)C(N[C@@H](CO)c1ccccc1)C(N)=O. The Hall–Kier alpha value is -1.65. The van der Waals surface area contributed by atoms with E-state index in [1.54, 1.807) is 0 Å². The van der Waals surface area contributed by atoms with Gasteiger partial charge in [0, 0.05) is 0 Å². The third-order valence-electron chi connectivity index (χ3n) is 4.05. The first kappa shape index (κ1) is 18.4. The molecule has 1 aromatic rings. The molecule has 4 N–H and O–H groups in total. The van der Waals surface area contributed by atoms with Gasteiger partial charge in [0.05, 0.1) is 18.7 Å². The number of carbonyl (C=O) groups excluding carboxylic acids is 1. The molecule has 1 rings (SSSR count). The Balaban J connectivity index is 2.86. The average Bonchev–Trinajstić information content (AvgIpc) is 2.48. The van der Waals surface area contributed by atoms with Crippen LogP contribution in [0.5, 0.6) is 0 Å². The van der Waals surface area contributed by atoms with E-state index in [1.165, 1.54) is 0 Å². The van der Waals surface area contributed by atoms with Gasteiger partial charge in [0.1, 0.15) is 0 Å². The number of hydrogen-bond donors (Lipinski definition) is 3. The van der Waals surface area contributed by atoms with Gasteiger partial charge in [-0.25, -0.2) is 0 Å². The van der Waals surface area contributed by atoms with E-state index in [2.05, 4.69) is 11.9 Å². The lowest BCUT2D eigenvalue weighted by molar-refractivity contribution is -0.123. The largest absolute Gasteiger partial charge is 0.394 e. The molecule has 0 aliphatic carbocycles. The van der Waals surface area contributed by atoms with Crippen LogP contribution in [0.15, 0.2) is 43.0 Å². The first-order chi connectivity index (χ1) is 10.4. The van der Waals surface area contributed by atoms with E-state index in [0.29, 0.717) is 0 Å². The van der Waals surface area contributed by atoms with Crippen LogP contribution in [-0.4, -0.2) is 23.7 Å². The molecule has 4 nitrogen and oxygen atoms in total. The third-order valence-corrected chi connectivity index (χ3v) is 4.05. The summed E-state index contributed by atoms with van der Waals surface area (Å²) in [4.78, 5) is 11.9. The molecule has 0 bridgehead atoms. The minimum absolute atomic E-state index is 0.0868. The van der Waals surface area contributed by atoms with Crippen LogP contribution < -0.4 is 11.1 Å². The number of hydrogen-bond acceptors (Lipinski definition) is 3. The molecule has 1 unspecified atom stereocenters. The summed E-state index contributed by atoms with van der Waals surface area (Å²) >= 11 is 0. The standard InChI is InChI=1S/C18H28N2O2/c1-4-5-9-12-18(2,3)16(17(19)22)20-15(13-21)14-10-7-6-8-11-14/h4,6-8,10-11,15-16,20-21H,1,5,9,12-13H2,2-3H3,(H2,19,22)/t15-,16?/m0/s1. The lowest BCUT2D eigenvalue weighted by atomic mass is 9.78. The van der Waals surface area contributed by atoms with Gasteiger partial charge in [0.2, 0.25) is 5.91 Å².